The maximum absolute atomic E-state index is 13.1. The molecule has 25 heavy (non-hydrogen) atoms. The minimum atomic E-state index is -2.88. The molecule has 0 aromatic heterocycles. The molecule has 1 heterocycles. The van der Waals surface area contributed by atoms with Crippen molar-refractivity contribution < 1.29 is 18.3 Å². The van der Waals surface area contributed by atoms with Gasteiger partial charge in [0, 0.05) is 28.9 Å². The third-order valence-electron chi connectivity index (χ3n) is 4.03. The second-order valence-corrected chi connectivity index (χ2v) is 6.66. The number of alkyl halides is 2. The molecule has 1 aromatic rings. The van der Waals surface area contributed by atoms with Gasteiger partial charge in [0.2, 0.25) is 5.91 Å². The van der Waals surface area contributed by atoms with Gasteiger partial charge < -0.3 is 10.1 Å². The number of amides is 1. The van der Waals surface area contributed by atoms with Gasteiger partial charge in [-0.05, 0) is 26.0 Å². The monoisotopic (exact) mass is 391 g/mol. The van der Waals surface area contributed by atoms with Crippen molar-refractivity contribution in [3.05, 3.63) is 33.8 Å². The Hall–Kier alpha value is -1.57. The zero-order valence-corrected chi connectivity index (χ0v) is 15.3. The number of benzene rings is 1. The summed E-state index contributed by atoms with van der Waals surface area (Å²) >= 11 is 12.1. The molecule has 5 nitrogen and oxygen atoms in total. The number of hydrogen-bond donors (Lipinski definition) is 1. The molecule has 3 atom stereocenters. The molecule has 136 valence electrons. The summed E-state index contributed by atoms with van der Waals surface area (Å²) < 4.78 is 31.6. The molecule has 0 radical (unpaired) electrons. The highest BCUT2D eigenvalue weighted by Crippen LogP contribution is 2.31. The highest BCUT2D eigenvalue weighted by molar-refractivity contribution is 6.35. The van der Waals surface area contributed by atoms with Crippen molar-refractivity contribution in [1.82, 2.24) is 5.32 Å². The van der Waals surface area contributed by atoms with Gasteiger partial charge in [-0.2, -0.15) is 10.2 Å². The highest BCUT2D eigenvalue weighted by atomic mass is 35.5. The van der Waals surface area contributed by atoms with Crippen molar-refractivity contribution in [2.24, 2.45) is 15.6 Å². The van der Waals surface area contributed by atoms with Crippen LogP contribution in [0.2, 0.25) is 10.0 Å². The van der Waals surface area contributed by atoms with E-state index in [9.17, 15) is 13.6 Å². The molecule has 2 rings (SSSR count). The summed E-state index contributed by atoms with van der Waals surface area (Å²) in [4.78, 5) is 12.6. The zero-order valence-electron chi connectivity index (χ0n) is 13.8. The van der Waals surface area contributed by atoms with Gasteiger partial charge in [0.25, 0.3) is 6.43 Å². The first-order valence-electron chi connectivity index (χ1n) is 7.40. The number of carbonyl (C=O) groups is 1. The Bertz CT molecular complexity index is 727. The van der Waals surface area contributed by atoms with Crippen LogP contribution in [0.1, 0.15) is 25.5 Å². The fourth-order valence-corrected chi connectivity index (χ4v) is 3.10. The van der Waals surface area contributed by atoms with E-state index in [1.165, 1.54) is 14.0 Å². The van der Waals surface area contributed by atoms with Gasteiger partial charge in [-0.15, -0.1) is 0 Å². The standard InChI is InChI=1S/C16H17Cl2F2N3O2/c1-8(12(25-3)10-5-4-9(17)6-11(10)18)22-15(24)16(2)7-21-23-13(16)14(19)20/h4-8,12,14H,1-3H3,(H,22,24). The van der Waals surface area contributed by atoms with Crippen LogP contribution in [0.4, 0.5) is 8.78 Å². The lowest BCUT2D eigenvalue weighted by molar-refractivity contribution is -0.126. The summed E-state index contributed by atoms with van der Waals surface area (Å²) in [5.74, 6) is -0.646. The van der Waals surface area contributed by atoms with E-state index in [0.29, 0.717) is 15.6 Å². The van der Waals surface area contributed by atoms with E-state index in [-0.39, 0.29) is 0 Å². The SMILES string of the molecule is COC(c1ccc(Cl)cc1Cl)C(C)NC(=O)C1(C)C=NN=C1C(F)F. The maximum atomic E-state index is 13.1. The number of rotatable bonds is 6. The average Bonchev–Trinajstić information content (AvgIpc) is 2.93. The van der Waals surface area contributed by atoms with Crippen molar-refractivity contribution in [1.29, 1.82) is 0 Å². The highest BCUT2D eigenvalue weighted by Gasteiger charge is 2.45. The molecule has 0 aliphatic carbocycles. The van der Waals surface area contributed by atoms with Crippen LogP contribution < -0.4 is 5.32 Å². The normalized spacial score (nSPS) is 22.0. The number of carbonyl (C=O) groups excluding carboxylic acids is 1. The molecule has 0 saturated carbocycles. The number of ether oxygens (including phenoxy) is 1. The van der Waals surface area contributed by atoms with Gasteiger partial charge in [-0.25, -0.2) is 8.78 Å². The van der Waals surface area contributed by atoms with Crippen molar-refractivity contribution in [2.45, 2.75) is 32.4 Å². The minimum absolute atomic E-state index is 0.379. The number of nitrogens with one attached hydrogen (secondary N) is 1. The Morgan fingerprint density at radius 1 is 1.36 bits per heavy atom. The second-order valence-electron chi connectivity index (χ2n) is 5.82. The summed E-state index contributed by atoms with van der Waals surface area (Å²) in [5, 5.41) is 10.4. The number of hydrogen-bond acceptors (Lipinski definition) is 4. The van der Waals surface area contributed by atoms with Gasteiger partial charge in [0.05, 0.1) is 6.04 Å². The Morgan fingerprint density at radius 3 is 2.60 bits per heavy atom. The van der Waals surface area contributed by atoms with E-state index in [4.69, 9.17) is 27.9 Å². The predicted octanol–water partition coefficient (Wildman–Crippen LogP) is 3.90. The zero-order chi connectivity index (χ0) is 18.8. The van der Waals surface area contributed by atoms with Crippen molar-refractivity contribution in [3.8, 4) is 0 Å². The average molecular weight is 392 g/mol. The van der Waals surface area contributed by atoms with E-state index < -0.39 is 35.6 Å². The first-order chi connectivity index (χ1) is 11.7. The molecule has 0 fully saturated rings. The minimum Gasteiger partial charge on any atom is -0.375 e. The van der Waals surface area contributed by atoms with E-state index in [1.807, 2.05) is 0 Å². The summed E-state index contributed by atoms with van der Waals surface area (Å²) in [7, 11) is 1.46. The first kappa shape index (κ1) is 19.8. The van der Waals surface area contributed by atoms with Crippen LogP contribution in [-0.4, -0.2) is 37.4 Å². The van der Waals surface area contributed by atoms with Crippen molar-refractivity contribution in [3.63, 3.8) is 0 Å². The van der Waals surface area contributed by atoms with Crippen molar-refractivity contribution >= 4 is 41.0 Å². The van der Waals surface area contributed by atoms with E-state index in [0.717, 1.165) is 6.21 Å². The molecule has 1 N–H and O–H groups in total. The Morgan fingerprint density at radius 2 is 2.04 bits per heavy atom. The van der Waals surface area contributed by atoms with Gasteiger partial charge in [0.15, 0.2) is 0 Å². The maximum Gasteiger partial charge on any atom is 0.279 e. The van der Waals surface area contributed by atoms with Crippen LogP contribution in [0.5, 0.6) is 0 Å². The van der Waals surface area contributed by atoms with Gasteiger partial charge in [-0.3, -0.25) is 4.79 Å². The fourth-order valence-electron chi connectivity index (χ4n) is 2.59. The lowest BCUT2D eigenvalue weighted by Crippen LogP contribution is -2.50. The molecule has 1 aromatic carbocycles. The molecule has 0 bridgehead atoms. The molecule has 9 heteroatoms. The van der Waals surface area contributed by atoms with Crippen LogP contribution in [0.25, 0.3) is 0 Å². The van der Waals surface area contributed by atoms with E-state index in [1.54, 1.807) is 25.1 Å². The molecule has 0 spiro atoms. The Kier molecular flexibility index (Phi) is 6.13. The Balaban J connectivity index is 2.19. The molecule has 3 unspecified atom stereocenters. The third kappa shape index (κ3) is 3.99. The number of halogens is 4. The van der Waals surface area contributed by atoms with Gasteiger partial charge in [0.1, 0.15) is 17.2 Å². The molecular weight excluding hydrogens is 375 g/mol. The van der Waals surface area contributed by atoms with E-state index >= 15 is 0 Å². The van der Waals surface area contributed by atoms with E-state index in [2.05, 4.69) is 15.5 Å². The van der Waals surface area contributed by atoms with Crippen LogP contribution in [0, 0.1) is 5.41 Å². The fraction of sp³-hybridized carbons (Fsp3) is 0.438. The molecular formula is C16H17Cl2F2N3O2. The smallest absolute Gasteiger partial charge is 0.279 e. The van der Waals surface area contributed by atoms with Gasteiger partial charge >= 0.3 is 0 Å². The number of nitrogens with zero attached hydrogens (tertiary/aromatic N) is 2. The molecule has 0 saturated heterocycles. The quantitative estimate of drug-likeness (QED) is 0.798. The summed E-state index contributed by atoms with van der Waals surface area (Å²) in [6.07, 6.45) is -2.37. The predicted molar refractivity (Wildman–Crippen MR) is 93.9 cm³/mol. The first-order valence-corrected chi connectivity index (χ1v) is 8.15. The lowest BCUT2D eigenvalue weighted by Gasteiger charge is -2.29. The Labute approximate surface area is 154 Å². The number of methoxy groups -OCH3 is 1. The van der Waals surface area contributed by atoms with Crippen molar-refractivity contribution in [2.75, 3.05) is 7.11 Å². The molecule has 1 amide bonds. The van der Waals surface area contributed by atoms with Crippen LogP contribution in [0.15, 0.2) is 28.4 Å². The summed E-state index contributed by atoms with van der Waals surface area (Å²) in [6.45, 7) is 3.03. The largest absolute Gasteiger partial charge is 0.375 e. The van der Waals surface area contributed by atoms with Gasteiger partial charge in [-0.1, -0.05) is 29.3 Å². The van der Waals surface area contributed by atoms with Crippen LogP contribution >= 0.6 is 23.2 Å². The lowest BCUT2D eigenvalue weighted by atomic mass is 9.85. The van der Waals surface area contributed by atoms with Crippen LogP contribution in [-0.2, 0) is 9.53 Å². The molecule has 1 aliphatic rings. The summed E-state index contributed by atoms with van der Waals surface area (Å²) in [6, 6.07) is 4.34. The third-order valence-corrected chi connectivity index (χ3v) is 4.59. The second kappa shape index (κ2) is 7.76. The topological polar surface area (TPSA) is 63.0 Å². The molecule has 1 aliphatic heterocycles. The van der Waals surface area contributed by atoms with Crippen LogP contribution in [0.3, 0.4) is 0 Å². The summed E-state index contributed by atoms with van der Waals surface area (Å²) in [5.41, 5.74) is -1.57.